The molecule has 108 valence electrons. The minimum absolute atomic E-state index is 0.179. The van der Waals surface area contributed by atoms with Gasteiger partial charge in [0.15, 0.2) is 0 Å². The van der Waals surface area contributed by atoms with Crippen LogP contribution in [0.1, 0.15) is 33.2 Å². The molecule has 1 atom stereocenters. The highest BCUT2D eigenvalue weighted by atomic mass is 16.5. The zero-order chi connectivity index (χ0) is 14.5. The number of aromatic nitrogens is 1. The lowest BCUT2D eigenvalue weighted by atomic mass is 10.2. The third-order valence-corrected chi connectivity index (χ3v) is 3.28. The summed E-state index contributed by atoms with van der Waals surface area (Å²) in [5.74, 6) is 0.670. The molecule has 0 spiro atoms. The van der Waals surface area contributed by atoms with Gasteiger partial charge in [-0.25, -0.2) is 4.79 Å². The van der Waals surface area contributed by atoms with Crippen LogP contribution in [0.15, 0.2) is 30.5 Å². The standard InChI is InChI=1S/C16H21NO3/c1-4-14(16(18)20-6-3)17-10-9-12-11-13(19-5-2)7-8-15(12)17/h7-11,14H,4-6H2,1-3H3. The minimum Gasteiger partial charge on any atom is -0.494 e. The van der Waals surface area contributed by atoms with E-state index in [1.165, 1.54) is 0 Å². The van der Waals surface area contributed by atoms with Crippen LogP contribution in [-0.2, 0) is 9.53 Å². The summed E-state index contributed by atoms with van der Waals surface area (Å²) in [7, 11) is 0. The number of nitrogens with zero attached hydrogens (tertiary/aromatic N) is 1. The lowest BCUT2D eigenvalue weighted by Crippen LogP contribution is -2.20. The van der Waals surface area contributed by atoms with Crippen molar-refractivity contribution in [2.24, 2.45) is 0 Å². The highest BCUT2D eigenvalue weighted by Crippen LogP contribution is 2.26. The van der Waals surface area contributed by atoms with Crippen LogP contribution in [0.4, 0.5) is 0 Å². The Morgan fingerprint density at radius 2 is 2.00 bits per heavy atom. The normalized spacial score (nSPS) is 12.3. The topological polar surface area (TPSA) is 40.5 Å². The molecule has 1 aromatic carbocycles. The molecule has 0 aliphatic rings. The van der Waals surface area contributed by atoms with Gasteiger partial charge in [0.25, 0.3) is 0 Å². The Hall–Kier alpha value is -1.97. The Labute approximate surface area is 119 Å². The summed E-state index contributed by atoms with van der Waals surface area (Å²) < 4.78 is 12.6. The van der Waals surface area contributed by atoms with Gasteiger partial charge in [0, 0.05) is 17.1 Å². The maximum atomic E-state index is 12.0. The van der Waals surface area contributed by atoms with E-state index in [4.69, 9.17) is 9.47 Å². The molecular weight excluding hydrogens is 254 g/mol. The molecule has 0 N–H and O–H groups in total. The lowest BCUT2D eigenvalue weighted by Gasteiger charge is -2.17. The Morgan fingerprint density at radius 3 is 2.65 bits per heavy atom. The van der Waals surface area contributed by atoms with Gasteiger partial charge in [0.2, 0.25) is 0 Å². The number of rotatable bonds is 6. The second kappa shape index (κ2) is 6.46. The van der Waals surface area contributed by atoms with Crippen molar-refractivity contribution in [1.29, 1.82) is 0 Å². The van der Waals surface area contributed by atoms with Crippen molar-refractivity contribution in [3.63, 3.8) is 0 Å². The van der Waals surface area contributed by atoms with Crippen molar-refractivity contribution >= 4 is 16.9 Å². The molecule has 0 radical (unpaired) electrons. The van der Waals surface area contributed by atoms with E-state index in [0.717, 1.165) is 16.7 Å². The van der Waals surface area contributed by atoms with Crippen molar-refractivity contribution in [3.8, 4) is 5.75 Å². The first-order valence-corrected chi connectivity index (χ1v) is 7.11. The zero-order valence-corrected chi connectivity index (χ0v) is 12.3. The molecule has 20 heavy (non-hydrogen) atoms. The first-order valence-electron chi connectivity index (χ1n) is 7.11. The van der Waals surface area contributed by atoms with Gasteiger partial charge in [-0.05, 0) is 44.5 Å². The first-order chi connectivity index (χ1) is 9.71. The molecule has 1 aromatic heterocycles. The number of carbonyl (C=O) groups excluding carboxylic acids is 1. The van der Waals surface area contributed by atoms with Gasteiger partial charge in [-0.1, -0.05) is 6.92 Å². The first kappa shape index (κ1) is 14.4. The van der Waals surface area contributed by atoms with Crippen molar-refractivity contribution in [2.45, 2.75) is 33.2 Å². The Bertz CT molecular complexity index is 588. The molecule has 1 unspecified atom stereocenters. The molecule has 0 aliphatic heterocycles. The number of fused-ring (bicyclic) bond motifs is 1. The van der Waals surface area contributed by atoms with Crippen LogP contribution in [0.25, 0.3) is 10.9 Å². The van der Waals surface area contributed by atoms with Gasteiger partial charge in [-0.15, -0.1) is 0 Å². The molecule has 4 nitrogen and oxygen atoms in total. The minimum atomic E-state index is -0.273. The van der Waals surface area contributed by atoms with E-state index < -0.39 is 0 Å². The fraction of sp³-hybridized carbons (Fsp3) is 0.438. The molecule has 1 heterocycles. The van der Waals surface area contributed by atoms with Gasteiger partial charge in [0.1, 0.15) is 11.8 Å². The number of hydrogen-bond acceptors (Lipinski definition) is 3. The highest BCUT2D eigenvalue weighted by molar-refractivity contribution is 5.84. The lowest BCUT2D eigenvalue weighted by molar-refractivity contribution is -0.147. The highest BCUT2D eigenvalue weighted by Gasteiger charge is 2.20. The third-order valence-electron chi connectivity index (χ3n) is 3.28. The Balaban J connectivity index is 2.36. The fourth-order valence-electron chi connectivity index (χ4n) is 2.39. The van der Waals surface area contributed by atoms with E-state index in [0.29, 0.717) is 19.6 Å². The number of hydrogen-bond donors (Lipinski definition) is 0. The maximum absolute atomic E-state index is 12.0. The summed E-state index contributed by atoms with van der Waals surface area (Å²) in [6, 6.07) is 7.64. The predicted molar refractivity (Wildman–Crippen MR) is 79.1 cm³/mol. The molecule has 0 amide bonds. The van der Waals surface area contributed by atoms with Crippen molar-refractivity contribution < 1.29 is 14.3 Å². The van der Waals surface area contributed by atoms with E-state index in [2.05, 4.69) is 0 Å². The molecule has 0 aliphatic carbocycles. The largest absolute Gasteiger partial charge is 0.494 e. The number of esters is 1. The maximum Gasteiger partial charge on any atom is 0.329 e. The van der Waals surface area contributed by atoms with Crippen molar-refractivity contribution in [3.05, 3.63) is 30.5 Å². The summed E-state index contributed by atoms with van der Waals surface area (Å²) >= 11 is 0. The van der Waals surface area contributed by atoms with Crippen LogP contribution in [-0.4, -0.2) is 23.8 Å². The van der Waals surface area contributed by atoms with Crippen LogP contribution < -0.4 is 4.74 Å². The molecule has 2 aromatic rings. The summed E-state index contributed by atoms with van der Waals surface area (Å²) in [6.45, 7) is 6.83. The van der Waals surface area contributed by atoms with E-state index in [-0.39, 0.29) is 12.0 Å². The third kappa shape index (κ3) is 2.79. The molecular formula is C16H21NO3. The van der Waals surface area contributed by atoms with Crippen molar-refractivity contribution in [2.75, 3.05) is 13.2 Å². The summed E-state index contributed by atoms with van der Waals surface area (Å²) in [5.41, 5.74) is 1.02. The molecule has 0 saturated carbocycles. The van der Waals surface area contributed by atoms with Crippen LogP contribution in [0.5, 0.6) is 5.75 Å². The molecule has 4 heteroatoms. The Morgan fingerprint density at radius 1 is 1.20 bits per heavy atom. The van der Waals surface area contributed by atoms with Crippen LogP contribution in [0.3, 0.4) is 0 Å². The molecule has 0 fully saturated rings. The van der Waals surface area contributed by atoms with E-state index in [1.807, 2.05) is 55.8 Å². The second-order valence-corrected chi connectivity index (χ2v) is 4.55. The second-order valence-electron chi connectivity index (χ2n) is 4.55. The average Bonchev–Trinajstić information content (AvgIpc) is 2.84. The van der Waals surface area contributed by atoms with E-state index in [1.54, 1.807) is 0 Å². The SMILES string of the molecule is CCOC(=O)C(CC)n1ccc2cc(OCC)ccc21. The zero-order valence-electron chi connectivity index (χ0n) is 12.3. The summed E-state index contributed by atoms with van der Waals surface area (Å²) in [6.07, 6.45) is 2.64. The van der Waals surface area contributed by atoms with Gasteiger partial charge < -0.3 is 14.0 Å². The van der Waals surface area contributed by atoms with Crippen molar-refractivity contribution in [1.82, 2.24) is 4.57 Å². The van der Waals surface area contributed by atoms with Crippen LogP contribution in [0, 0.1) is 0 Å². The van der Waals surface area contributed by atoms with E-state index >= 15 is 0 Å². The molecule has 0 saturated heterocycles. The fourth-order valence-corrected chi connectivity index (χ4v) is 2.39. The number of carbonyl (C=O) groups is 1. The number of ether oxygens (including phenoxy) is 2. The van der Waals surface area contributed by atoms with Crippen LogP contribution >= 0.6 is 0 Å². The number of benzene rings is 1. The monoisotopic (exact) mass is 275 g/mol. The van der Waals surface area contributed by atoms with Gasteiger partial charge in [0.05, 0.1) is 13.2 Å². The van der Waals surface area contributed by atoms with E-state index in [9.17, 15) is 4.79 Å². The van der Waals surface area contributed by atoms with Gasteiger partial charge in [-0.2, -0.15) is 0 Å². The average molecular weight is 275 g/mol. The van der Waals surface area contributed by atoms with Gasteiger partial charge in [-0.3, -0.25) is 0 Å². The molecule has 2 rings (SSSR count). The summed E-state index contributed by atoms with van der Waals surface area (Å²) in [4.78, 5) is 12.0. The summed E-state index contributed by atoms with van der Waals surface area (Å²) in [5, 5.41) is 1.07. The van der Waals surface area contributed by atoms with Crippen LogP contribution in [0.2, 0.25) is 0 Å². The Kier molecular flexibility index (Phi) is 4.66. The predicted octanol–water partition coefficient (Wildman–Crippen LogP) is 3.55. The van der Waals surface area contributed by atoms with Gasteiger partial charge >= 0.3 is 5.97 Å². The molecule has 0 bridgehead atoms. The quantitative estimate of drug-likeness (QED) is 0.757. The smallest absolute Gasteiger partial charge is 0.329 e.